The van der Waals surface area contributed by atoms with Crippen LogP contribution in [0.1, 0.15) is 90.9 Å². The molecule has 0 amide bonds. The first-order valence-electron chi connectivity index (χ1n) is 14.6. The van der Waals surface area contributed by atoms with Crippen molar-refractivity contribution in [1.82, 2.24) is 4.90 Å². The van der Waals surface area contributed by atoms with Crippen molar-refractivity contribution < 1.29 is 14.9 Å². The maximum absolute atomic E-state index is 10.2. The molecule has 1 spiro atoms. The molecule has 2 N–H and O–H groups in total. The summed E-state index contributed by atoms with van der Waals surface area (Å²) >= 11 is 0. The minimum absolute atomic E-state index is 0.182. The first kappa shape index (κ1) is 25.7. The van der Waals surface area contributed by atoms with Gasteiger partial charge in [0.05, 0.1) is 24.4 Å². The highest BCUT2D eigenvalue weighted by Crippen LogP contribution is 2.59. The Hall–Kier alpha value is -0.940. The summed E-state index contributed by atoms with van der Waals surface area (Å²) in [5.41, 5.74) is 3.94. The van der Waals surface area contributed by atoms with E-state index in [-0.39, 0.29) is 5.60 Å². The molecule has 0 aromatic heterocycles. The fourth-order valence-corrected chi connectivity index (χ4v) is 8.66. The third kappa shape index (κ3) is 5.23. The van der Waals surface area contributed by atoms with Crippen molar-refractivity contribution in [2.75, 3.05) is 26.2 Å². The van der Waals surface area contributed by atoms with Gasteiger partial charge in [0.1, 0.15) is 0 Å². The summed E-state index contributed by atoms with van der Waals surface area (Å²) in [5.74, 6) is 2.27. The van der Waals surface area contributed by atoms with E-state index in [0.717, 1.165) is 37.1 Å². The van der Waals surface area contributed by atoms with E-state index in [1.165, 1.54) is 70.8 Å². The molecule has 4 heteroatoms. The lowest BCUT2D eigenvalue weighted by molar-refractivity contribution is -0.106. The molecule has 1 unspecified atom stereocenters. The summed E-state index contributed by atoms with van der Waals surface area (Å²) in [7, 11) is 0. The van der Waals surface area contributed by atoms with Gasteiger partial charge < -0.3 is 14.9 Å². The Balaban J connectivity index is 1.20. The van der Waals surface area contributed by atoms with Gasteiger partial charge in [-0.25, -0.2) is 0 Å². The lowest BCUT2D eigenvalue weighted by atomic mass is 9.61. The molecule has 35 heavy (non-hydrogen) atoms. The van der Waals surface area contributed by atoms with Crippen molar-refractivity contribution in [3.05, 3.63) is 35.5 Å². The molecule has 5 fully saturated rings. The van der Waals surface area contributed by atoms with Crippen LogP contribution in [0.3, 0.4) is 0 Å². The lowest BCUT2D eigenvalue weighted by Crippen LogP contribution is -2.50. The molecule has 1 aliphatic heterocycles. The molecule has 0 aromatic rings. The fourth-order valence-electron chi connectivity index (χ4n) is 8.66. The lowest BCUT2D eigenvalue weighted by Gasteiger charge is -2.45. The first-order chi connectivity index (χ1) is 16.8. The Morgan fingerprint density at radius 3 is 2.57 bits per heavy atom. The Morgan fingerprint density at radius 1 is 1.09 bits per heavy atom. The van der Waals surface area contributed by atoms with Crippen LogP contribution < -0.4 is 0 Å². The second kappa shape index (κ2) is 10.4. The number of hydrogen-bond acceptors (Lipinski definition) is 4. The number of nitrogens with zero attached hydrogens (tertiary/aromatic N) is 1. The van der Waals surface area contributed by atoms with E-state index < -0.39 is 12.2 Å². The van der Waals surface area contributed by atoms with Crippen molar-refractivity contribution in [3.8, 4) is 0 Å². The smallest absolute Gasteiger partial charge is 0.0809 e. The molecule has 6 atom stereocenters. The zero-order chi connectivity index (χ0) is 24.6. The molecule has 4 aliphatic carbocycles. The molecule has 5 rings (SSSR count). The maximum atomic E-state index is 10.2. The molecule has 0 radical (unpaired) electrons. The summed E-state index contributed by atoms with van der Waals surface area (Å²) in [6.45, 7) is 13.4. The van der Waals surface area contributed by atoms with Crippen LogP contribution >= 0.6 is 0 Å². The summed E-state index contributed by atoms with van der Waals surface area (Å²) in [4.78, 5) is 2.71. The second-order valence-corrected chi connectivity index (χ2v) is 13.0. The van der Waals surface area contributed by atoms with Crippen LogP contribution in [0.5, 0.6) is 0 Å². The van der Waals surface area contributed by atoms with E-state index in [9.17, 15) is 10.2 Å². The van der Waals surface area contributed by atoms with Gasteiger partial charge in [-0.15, -0.1) is 0 Å². The fraction of sp³-hybridized carbons (Fsp3) is 0.806. The van der Waals surface area contributed by atoms with Gasteiger partial charge in [-0.1, -0.05) is 56.6 Å². The summed E-state index contributed by atoms with van der Waals surface area (Å²) in [5, 5.41) is 20.4. The number of aliphatic hydroxyl groups is 2. The topological polar surface area (TPSA) is 52.9 Å². The standard InChI is InChI=1S/C31H49NO3/c1-22(12-16-32-17-18-35-31(21-32)14-4-5-15-31)26-10-11-27-25(7-6-13-30(26,27)3)9-8-24-19-28(33)23(2)29(34)20-24/h8-9,22,26-29,33-34H,2,4-7,10-21H2,1,3H3/t22?,26-,27+,28-,29+,30-/m1/s1. The molecule has 1 saturated heterocycles. The van der Waals surface area contributed by atoms with Gasteiger partial charge >= 0.3 is 0 Å². The van der Waals surface area contributed by atoms with E-state index in [1.807, 2.05) is 0 Å². The Morgan fingerprint density at radius 2 is 1.83 bits per heavy atom. The number of aliphatic hydroxyl groups excluding tert-OH is 2. The molecule has 4 nitrogen and oxygen atoms in total. The van der Waals surface area contributed by atoms with Crippen molar-refractivity contribution in [2.45, 2.75) is 109 Å². The van der Waals surface area contributed by atoms with E-state index in [4.69, 9.17) is 4.74 Å². The third-order valence-corrected chi connectivity index (χ3v) is 10.8. The minimum Gasteiger partial charge on any atom is -0.388 e. The quantitative estimate of drug-likeness (QED) is 0.485. The number of rotatable bonds is 5. The Labute approximate surface area is 213 Å². The van der Waals surface area contributed by atoms with E-state index in [1.54, 1.807) is 5.57 Å². The monoisotopic (exact) mass is 483 g/mol. The van der Waals surface area contributed by atoms with E-state index in [0.29, 0.717) is 29.7 Å². The average Bonchev–Trinajstić information content (AvgIpc) is 3.43. The van der Waals surface area contributed by atoms with Gasteiger partial charge in [0.25, 0.3) is 0 Å². The van der Waals surface area contributed by atoms with Crippen LogP contribution in [0, 0.1) is 23.2 Å². The largest absolute Gasteiger partial charge is 0.388 e. The second-order valence-electron chi connectivity index (χ2n) is 13.0. The van der Waals surface area contributed by atoms with Gasteiger partial charge in [0.15, 0.2) is 0 Å². The zero-order valence-corrected chi connectivity index (χ0v) is 22.3. The van der Waals surface area contributed by atoms with Gasteiger partial charge in [0.2, 0.25) is 0 Å². The molecular formula is C31H49NO3. The van der Waals surface area contributed by atoms with Gasteiger partial charge in [-0.3, -0.25) is 4.90 Å². The predicted octanol–water partition coefficient (Wildman–Crippen LogP) is 5.80. The van der Waals surface area contributed by atoms with E-state index in [2.05, 4.69) is 37.5 Å². The maximum Gasteiger partial charge on any atom is 0.0809 e. The Kier molecular flexibility index (Phi) is 7.66. The van der Waals surface area contributed by atoms with Crippen LogP contribution in [0.25, 0.3) is 0 Å². The van der Waals surface area contributed by atoms with Crippen LogP contribution in [0.4, 0.5) is 0 Å². The summed E-state index contributed by atoms with van der Waals surface area (Å²) in [6, 6.07) is 0. The molecular weight excluding hydrogens is 434 g/mol. The molecule has 196 valence electrons. The SMILES string of the molecule is C=C1[C@H](O)CC(=CC=C2CCC[C@]3(C)[C@@H](C(C)CCN4CCOC5(CCCC5)C4)CC[C@@H]23)C[C@@H]1O. The van der Waals surface area contributed by atoms with Crippen molar-refractivity contribution in [2.24, 2.45) is 23.2 Å². The van der Waals surface area contributed by atoms with Crippen LogP contribution in [0.2, 0.25) is 0 Å². The molecule has 5 aliphatic rings. The molecule has 0 aromatic carbocycles. The average molecular weight is 484 g/mol. The Bertz CT molecular complexity index is 824. The van der Waals surface area contributed by atoms with Crippen LogP contribution in [0.15, 0.2) is 35.5 Å². The number of morpholine rings is 1. The zero-order valence-electron chi connectivity index (χ0n) is 22.3. The first-order valence-corrected chi connectivity index (χ1v) is 14.6. The highest BCUT2D eigenvalue weighted by atomic mass is 16.5. The van der Waals surface area contributed by atoms with Crippen LogP contribution in [-0.2, 0) is 4.74 Å². The number of fused-ring (bicyclic) bond motifs is 1. The normalized spacial score (nSPS) is 41.1. The molecule has 4 saturated carbocycles. The summed E-state index contributed by atoms with van der Waals surface area (Å²) in [6.07, 6.45) is 17.7. The number of allylic oxidation sites excluding steroid dienone is 3. The van der Waals surface area contributed by atoms with Crippen molar-refractivity contribution in [3.63, 3.8) is 0 Å². The third-order valence-electron chi connectivity index (χ3n) is 10.8. The highest BCUT2D eigenvalue weighted by Gasteiger charge is 2.50. The highest BCUT2D eigenvalue weighted by molar-refractivity contribution is 5.29. The summed E-state index contributed by atoms with van der Waals surface area (Å²) < 4.78 is 6.26. The van der Waals surface area contributed by atoms with E-state index >= 15 is 0 Å². The van der Waals surface area contributed by atoms with Crippen molar-refractivity contribution >= 4 is 0 Å². The minimum atomic E-state index is -0.605. The van der Waals surface area contributed by atoms with Gasteiger partial charge in [-0.05, 0) is 99.5 Å². The molecule has 1 heterocycles. The predicted molar refractivity (Wildman–Crippen MR) is 142 cm³/mol. The number of ether oxygens (including phenoxy) is 1. The van der Waals surface area contributed by atoms with Crippen LogP contribution in [-0.4, -0.2) is 59.2 Å². The van der Waals surface area contributed by atoms with Crippen molar-refractivity contribution in [1.29, 1.82) is 0 Å². The number of hydrogen-bond donors (Lipinski definition) is 2. The molecule has 0 bridgehead atoms. The van der Waals surface area contributed by atoms with Gasteiger partial charge in [0, 0.05) is 13.1 Å². The van der Waals surface area contributed by atoms with Gasteiger partial charge in [-0.2, -0.15) is 0 Å².